The van der Waals surface area contributed by atoms with Crippen LogP contribution in [0.4, 0.5) is 0 Å². The van der Waals surface area contributed by atoms with Crippen LogP contribution in [0.25, 0.3) is 0 Å². The van der Waals surface area contributed by atoms with Gasteiger partial charge in [-0.2, -0.15) is 5.26 Å². The molecule has 0 amide bonds. The van der Waals surface area contributed by atoms with Crippen LogP contribution < -0.4 is 9.47 Å². The van der Waals surface area contributed by atoms with Crippen molar-refractivity contribution >= 4 is 11.8 Å². The molecular weight excluding hydrogens is 338 g/mol. The molecule has 0 fully saturated rings. The fourth-order valence-electron chi connectivity index (χ4n) is 2.09. The van der Waals surface area contributed by atoms with Crippen molar-refractivity contribution in [2.75, 3.05) is 7.11 Å². The van der Waals surface area contributed by atoms with Crippen LogP contribution in [-0.4, -0.2) is 17.3 Å². The van der Waals surface area contributed by atoms with Crippen molar-refractivity contribution in [1.82, 2.24) is 10.2 Å². The van der Waals surface area contributed by atoms with Crippen LogP contribution in [0.1, 0.15) is 17.0 Å². The number of rotatable bonds is 7. The first-order valence-electron chi connectivity index (χ1n) is 7.48. The summed E-state index contributed by atoms with van der Waals surface area (Å²) in [6, 6.07) is 16.9. The monoisotopic (exact) mass is 353 g/mol. The third-order valence-electron chi connectivity index (χ3n) is 3.34. The van der Waals surface area contributed by atoms with Gasteiger partial charge in [0.25, 0.3) is 11.1 Å². The van der Waals surface area contributed by atoms with Crippen LogP contribution in [0.3, 0.4) is 0 Å². The van der Waals surface area contributed by atoms with E-state index in [-0.39, 0.29) is 6.61 Å². The molecule has 3 aromatic rings. The van der Waals surface area contributed by atoms with Crippen LogP contribution in [0.5, 0.6) is 11.5 Å². The number of benzene rings is 2. The van der Waals surface area contributed by atoms with Crippen LogP contribution in [0.2, 0.25) is 0 Å². The Balaban J connectivity index is 1.56. The summed E-state index contributed by atoms with van der Waals surface area (Å²) < 4.78 is 16.3. The average Bonchev–Trinajstić information content (AvgIpc) is 3.13. The van der Waals surface area contributed by atoms with Gasteiger partial charge in [-0.3, -0.25) is 0 Å². The van der Waals surface area contributed by atoms with E-state index in [1.165, 1.54) is 11.8 Å². The second-order valence-corrected chi connectivity index (χ2v) is 5.91. The van der Waals surface area contributed by atoms with Crippen molar-refractivity contribution in [3.63, 3.8) is 0 Å². The first-order valence-corrected chi connectivity index (χ1v) is 8.47. The van der Waals surface area contributed by atoms with Gasteiger partial charge in [0.05, 0.1) is 18.7 Å². The average molecular weight is 353 g/mol. The van der Waals surface area contributed by atoms with E-state index in [1.807, 2.05) is 36.4 Å². The maximum absolute atomic E-state index is 9.10. The molecule has 0 spiro atoms. The molecule has 0 bridgehead atoms. The maximum Gasteiger partial charge on any atom is 0.277 e. The Bertz CT molecular complexity index is 889. The number of hydrogen-bond donors (Lipinski definition) is 0. The van der Waals surface area contributed by atoms with Crippen molar-refractivity contribution in [3.05, 3.63) is 65.5 Å². The number of aromatic nitrogens is 2. The first kappa shape index (κ1) is 16.9. The van der Waals surface area contributed by atoms with Crippen molar-refractivity contribution in [2.45, 2.75) is 17.6 Å². The molecule has 126 valence electrons. The number of nitriles is 1. The lowest BCUT2D eigenvalue weighted by molar-refractivity contribution is 0.251. The third kappa shape index (κ3) is 4.52. The molecular formula is C18H15N3O3S. The molecule has 7 heteroatoms. The van der Waals surface area contributed by atoms with Gasteiger partial charge in [-0.15, -0.1) is 10.2 Å². The van der Waals surface area contributed by atoms with Crippen LogP contribution in [-0.2, 0) is 12.4 Å². The fourth-order valence-corrected chi connectivity index (χ4v) is 2.87. The van der Waals surface area contributed by atoms with E-state index in [4.69, 9.17) is 19.2 Å². The normalized spacial score (nSPS) is 10.2. The summed E-state index contributed by atoms with van der Waals surface area (Å²) in [4.78, 5) is 0. The molecule has 0 aliphatic carbocycles. The van der Waals surface area contributed by atoms with Gasteiger partial charge in [-0.25, -0.2) is 0 Å². The lowest BCUT2D eigenvalue weighted by Gasteiger charge is -2.05. The molecule has 0 aliphatic rings. The van der Waals surface area contributed by atoms with Crippen molar-refractivity contribution in [1.29, 1.82) is 5.26 Å². The van der Waals surface area contributed by atoms with E-state index in [0.29, 0.717) is 28.2 Å². The molecule has 0 saturated heterocycles. The summed E-state index contributed by atoms with van der Waals surface area (Å²) in [5, 5.41) is 17.5. The molecule has 3 rings (SSSR count). The summed E-state index contributed by atoms with van der Waals surface area (Å²) >= 11 is 1.38. The number of hydrogen-bond acceptors (Lipinski definition) is 7. The number of ether oxygens (including phenoxy) is 2. The second kappa shape index (κ2) is 8.22. The first-order chi connectivity index (χ1) is 12.3. The van der Waals surface area contributed by atoms with Gasteiger partial charge in [0.2, 0.25) is 0 Å². The topological polar surface area (TPSA) is 81.2 Å². The minimum absolute atomic E-state index is 0.176. The second-order valence-electron chi connectivity index (χ2n) is 4.99. The van der Waals surface area contributed by atoms with Crippen LogP contribution in [0.15, 0.2) is 58.2 Å². The van der Waals surface area contributed by atoms with Crippen molar-refractivity contribution in [2.24, 2.45) is 0 Å². The quantitative estimate of drug-likeness (QED) is 0.597. The van der Waals surface area contributed by atoms with Gasteiger partial charge in [0, 0.05) is 11.8 Å². The highest BCUT2D eigenvalue weighted by molar-refractivity contribution is 7.98. The highest BCUT2D eigenvalue weighted by Gasteiger charge is 2.09. The standard InChI is InChI=1S/C18H15N3O3S/c1-22-15-7-4-8-16(9-15)23-11-17-20-21-18(24-17)25-12-14-6-3-2-5-13(14)10-19/h2-9H,11-12H2,1H3. The van der Waals surface area contributed by atoms with Gasteiger partial charge in [0.1, 0.15) is 11.5 Å². The Morgan fingerprint density at radius 2 is 1.96 bits per heavy atom. The Hall–Kier alpha value is -2.98. The van der Waals surface area contributed by atoms with Gasteiger partial charge in [0.15, 0.2) is 6.61 Å². The Morgan fingerprint density at radius 3 is 2.80 bits per heavy atom. The molecule has 1 heterocycles. The van der Waals surface area contributed by atoms with Crippen LogP contribution >= 0.6 is 11.8 Å². The van der Waals surface area contributed by atoms with Crippen molar-refractivity contribution < 1.29 is 13.9 Å². The minimum Gasteiger partial charge on any atom is -0.497 e. The summed E-state index contributed by atoms with van der Waals surface area (Å²) in [7, 11) is 1.60. The predicted molar refractivity (Wildman–Crippen MR) is 92.3 cm³/mol. The lowest BCUT2D eigenvalue weighted by atomic mass is 10.1. The molecule has 0 aliphatic heterocycles. The molecule has 0 N–H and O–H groups in total. The third-order valence-corrected chi connectivity index (χ3v) is 4.21. The highest BCUT2D eigenvalue weighted by Crippen LogP contribution is 2.24. The van der Waals surface area contributed by atoms with Gasteiger partial charge >= 0.3 is 0 Å². The largest absolute Gasteiger partial charge is 0.497 e. The van der Waals surface area contributed by atoms with Gasteiger partial charge in [-0.1, -0.05) is 36.0 Å². The van der Waals surface area contributed by atoms with E-state index in [0.717, 1.165) is 11.3 Å². The number of thioether (sulfide) groups is 1. The summed E-state index contributed by atoms with van der Waals surface area (Å²) in [5.74, 6) is 2.35. The smallest absolute Gasteiger partial charge is 0.277 e. The van der Waals surface area contributed by atoms with E-state index < -0.39 is 0 Å². The molecule has 6 nitrogen and oxygen atoms in total. The SMILES string of the molecule is COc1cccc(OCc2nnc(SCc3ccccc3C#N)o2)c1. The predicted octanol–water partition coefficient (Wildman–Crippen LogP) is 3.82. The van der Waals surface area contributed by atoms with E-state index in [9.17, 15) is 0 Å². The summed E-state index contributed by atoms with van der Waals surface area (Å²) in [6.07, 6.45) is 0. The molecule has 1 aromatic heterocycles. The van der Waals surface area contributed by atoms with Gasteiger partial charge < -0.3 is 13.9 Å². The van der Waals surface area contributed by atoms with E-state index >= 15 is 0 Å². The Morgan fingerprint density at radius 1 is 1.12 bits per heavy atom. The molecule has 25 heavy (non-hydrogen) atoms. The highest BCUT2D eigenvalue weighted by atomic mass is 32.2. The van der Waals surface area contributed by atoms with Crippen molar-refractivity contribution in [3.8, 4) is 17.6 Å². The molecule has 0 saturated carbocycles. The fraction of sp³-hybridized carbons (Fsp3) is 0.167. The number of nitrogens with zero attached hydrogens (tertiary/aromatic N) is 3. The number of methoxy groups -OCH3 is 1. The zero-order valence-corrected chi connectivity index (χ0v) is 14.3. The van der Waals surface area contributed by atoms with E-state index in [2.05, 4.69) is 16.3 Å². The zero-order valence-electron chi connectivity index (χ0n) is 13.5. The zero-order chi connectivity index (χ0) is 17.5. The van der Waals surface area contributed by atoms with Crippen LogP contribution in [0, 0.1) is 11.3 Å². The van der Waals surface area contributed by atoms with Gasteiger partial charge in [-0.05, 0) is 23.8 Å². The molecule has 2 aromatic carbocycles. The molecule has 0 radical (unpaired) electrons. The van der Waals surface area contributed by atoms with E-state index in [1.54, 1.807) is 19.2 Å². The maximum atomic E-state index is 9.10. The Labute approximate surface area is 149 Å². The summed E-state index contributed by atoms with van der Waals surface area (Å²) in [6.45, 7) is 0.176. The molecule has 0 unspecified atom stereocenters. The molecule has 0 atom stereocenters. The Kier molecular flexibility index (Phi) is 5.54. The lowest BCUT2D eigenvalue weighted by Crippen LogP contribution is -1.96. The minimum atomic E-state index is 0.176. The summed E-state index contributed by atoms with van der Waals surface area (Å²) in [5.41, 5.74) is 1.58.